The highest BCUT2D eigenvalue weighted by Gasteiger charge is 2.12. The zero-order valence-corrected chi connectivity index (χ0v) is 14.6. The maximum absolute atomic E-state index is 11.7. The van der Waals surface area contributed by atoms with Crippen LogP contribution >= 0.6 is 11.6 Å². The summed E-state index contributed by atoms with van der Waals surface area (Å²) in [6.07, 6.45) is 1.32. The van der Waals surface area contributed by atoms with E-state index in [0.717, 1.165) is 0 Å². The molecule has 27 heavy (non-hydrogen) atoms. The van der Waals surface area contributed by atoms with Crippen LogP contribution in [0.3, 0.4) is 0 Å². The van der Waals surface area contributed by atoms with Gasteiger partial charge in [0.05, 0.1) is 16.8 Å². The minimum atomic E-state index is -1.06. The van der Waals surface area contributed by atoms with E-state index in [1.807, 2.05) is 6.07 Å². The summed E-state index contributed by atoms with van der Waals surface area (Å²) in [5.41, 5.74) is 3.50. The van der Waals surface area contributed by atoms with Crippen molar-refractivity contribution in [3.8, 4) is 11.3 Å². The van der Waals surface area contributed by atoms with Crippen LogP contribution < -0.4 is 10.7 Å². The molecule has 0 atom stereocenters. The van der Waals surface area contributed by atoms with Gasteiger partial charge in [0, 0.05) is 11.3 Å². The molecule has 8 heteroatoms. The molecular weight excluding hydrogens is 370 g/mol. The Bertz CT molecular complexity index is 999. The predicted molar refractivity (Wildman–Crippen MR) is 102 cm³/mol. The van der Waals surface area contributed by atoms with E-state index in [-0.39, 0.29) is 5.56 Å². The minimum Gasteiger partial charge on any atom is -0.478 e. The standard InChI is InChI=1S/C19H14ClN3O4/c20-16-8-6-12(18(24)25)10-15(16)17-9-7-14(27-17)11-21-23-19(26)22-13-4-2-1-3-5-13/h1-11H,(H,24,25)(H2,22,23,26)/b21-11+. The molecule has 2 amide bonds. The Balaban J connectivity index is 1.66. The number of carbonyl (C=O) groups is 2. The van der Waals surface area contributed by atoms with Crippen molar-refractivity contribution in [2.45, 2.75) is 0 Å². The number of aromatic carboxylic acids is 1. The Hall–Kier alpha value is -3.58. The fourth-order valence-corrected chi connectivity index (χ4v) is 2.46. The number of hydrogen-bond donors (Lipinski definition) is 3. The number of para-hydroxylation sites is 1. The van der Waals surface area contributed by atoms with Crippen LogP contribution in [0.25, 0.3) is 11.3 Å². The Morgan fingerprint density at radius 3 is 2.59 bits per heavy atom. The van der Waals surface area contributed by atoms with Crippen LogP contribution in [-0.4, -0.2) is 23.3 Å². The molecule has 0 saturated carbocycles. The van der Waals surface area contributed by atoms with Crippen LogP contribution in [0.4, 0.5) is 10.5 Å². The van der Waals surface area contributed by atoms with Crippen molar-refractivity contribution < 1.29 is 19.1 Å². The molecule has 3 aromatic rings. The lowest BCUT2D eigenvalue weighted by atomic mass is 10.1. The number of carboxylic acids is 1. The van der Waals surface area contributed by atoms with E-state index < -0.39 is 12.0 Å². The maximum Gasteiger partial charge on any atom is 0.339 e. The first-order valence-corrected chi connectivity index (χ1v) is 8.19. The number of hydrazone groups is 1. The zero-order chi connectivity index (χ0) is 19.2. The molecule has 1 aromatic heterocycles. The first-order chi connectivity index (χ1) is 13.0. The van der Waals surface area contributed by atoms with Crippen molar-refractivity contribution >= 4 is 35.5 Å². The largest absolute Gasteiger partial charge is 0.478 e. The van der Waals surface area contributed by atoms with Crippen molar-refractivity contribution in [1.82, 2.24) is 5.43 Å². The molecule has 0 aliphatic rings. The smallest absolute Gasteiger partial charge is 0.339 e. The molecule has 3 N–H and O–H groups in total. The van der Waals surface area contributed by atoms with Gasteiger partial charge in [-0.1, -0.05) is 29.8 Å². The summed E-state index contributed by atoms with van der Waals surface area (Å²) in [6, 6.07) is 16.0. The van der Waals surface area contributed by atoms with E-state index in [1.165, 1.54) is 24.4 Å². The van der Waals surface area contributed by atoms with E-state index >= 15 is 0 Å². The molecule has 7 nitrogen and oxygen atoms in total. The number of urea groups is 1. The molecule has 0 saturated heterocycles. The fourth-order valence-electron chi connectivity index (χ4n) is 2.25. The normalized spacial score (nSPS) is 10.7. The van der Waals surface area contributed by atoms with Gasteiger partial charge in [0.2, 0.25) is 0 Å². The first-order valence-electron chi connectivity index (χ1n) is 7.81. The van der Waals surface area contributed by atoms with Gasteiger partial charge in [-0.05, 0) is 42.5 Å². The van der Waals surface area contributed by atoms with Crippen LogP contribution in [-0.2, 0) is 0 Å². The summed E-state index contributed by atoms with van der Waals surface area (Å²) < 4.78 is 5.59. The van der Waals surface area contributed by atoms with Gasteiger partial charge in [-0.2, -0.15) is 5.10 Å². The third kappa shape index (κ3) is 4.74. The number of carbonyl (C=O) groups excluding carboxylic acids is 1. The molecule has 0 unspecified atom stereocenters. The topological polar surface area (TPSA) is 104 Å². The highest BCUT2D eigenvalue weighted by atomic mass is 35.5. The van der Waals surface area contributed by atoms with Crippen molar-refractivity contribution in [3.05, 3.63) is 77.0 Å². The third-order valence-electron chi connectivity index (χ3n) is 3.50. The van der Waals surface area contributed by atoms with Crippen molar-refractivity contribution in [2.75, 3.05) is 5.32 Å². The average molecular weight is 384 g/mol. The Morgan fingerprint density at radius 1 is 1.07 bits per heavy atom. The van der Waals surface area contributed by atoms with E-state index in [9.17, 15) is 9.59 Å². The molecule has 1 heterocycles. The number of furan rings is 1. The predicted octanol–water partition coefficient (Wildman–Crippen LogP) is 4.45. The molecule has 0 aliphatic heterocycles. The van der Waals surface area contributed by atoms with Crippen molar-refractivity contribution in [3.63, 3.8) is 0 Å². The van der Waals surface area contributed by atoms with Crippen LogP contribution in [0.2, 0.25) is 5.02 Å². The van der Waals surface area contributed by atoms with Crippen LogP contribution in [0.15, 0.2) is 70.2 Å². The Labute approximate surface area is 159 Å². The van der Waals surface area contributed by atoms with E-state index in [4.69, 9.17) is 21.1 Å². The van der Waals surface area contributed by atoms with Gasteiger partial charge in [0.25, 0.3) is 0 Å². The van der Waals surface area contributed by atoms with Crippen LogP contribution in [0, 0.1) is 0 Å². The van der Waals surface area contributed by atoms with Crippen LogP contribution in [0.5, 0.6) is 0 Å². The number of rotatable bonds is 5. The van der Waals surface area contributed by atoms with Gasteiger partial charge >= 0.3 is 12.0 Å². The van der Waals surface area contributed by atoms with E-state index in [0.29, 0.717) is 27.8 Å². The maximum atomic E-state index is 11.7. The first kappa shape index (κ1) is 18.2. The van der Waals surface area contributed by atoms with E-state index in [1.54, 1.807) is 36.4 Å². The number of amides is 2. The van der Waals surface area contributed by atoms with Gasteiger partial charge < -0.3 is 14.8 Å². The summed E-state index contributed by atoms with van der Waals surface area (Å²) in [5.74, 6) is -0.310. The highest BCUT2D eigenvalue weighted by Crippen LogP contribution is 2.30. The molecule has 0 fully saturated rings. The van der Waals surface area contributed by atoms with Gasteiger partial charge in [0.1, 0.15) is 11.5 Å². The molecular formula is C19H14ClN3O4. The fraction of sp³-hybridized carbons (Fsp3) is 0. The lowest BCUT2D eigenvalue weighted by Gasteiger charge is -2.03. The number of nitrogens with one attached hydrogen (secondary N) is 2. The van der Waals surface area contributed by atoms with Crippen molar-refractivity contribution in [2.24, 2.45) is 5.10 Å². The average Bonchev–Trinajstić information content (AvgIpc) is 3.11. The van der Waals surface area contributed by atoms with Gasteiger partial charge in [-0.25, -0.2) is 15.0 Å². The number of nitrogens with zero attached hydrogens (tertiary/aromatic N) is 1. The lowest BCUT2D eigenvalue weighted by Crippen LogP contribution is -2.24. The minimum absolute atomic E-state index is 0.0975. The van der Waals surface area contributed by atoms with E-state index in [2.05, 4.69) is 15.8 Å². The number of carboxylic acid groups (broad SMARTS) is 1. The summed E-state index contributed by atoms with van der Waals surface area (Å²) in [7, 11) is 0. The summed E-state index contributed by atoms with van der Waals surface area (Å²) in [6.45, 7) is 0. The zero-order valence-electron chi connectivity index (χ0n) is 13.8. The lowest BCUT2D eigenvalue weighted by molar-refractivity contribution is 0.0697. The second-order valence-corrected chi connectivity index (χ2v) is 5.80. The highest BCUT2D eigenvalue weighted by molar-refractivity contribution is 6.33. The number of anilines is 1. The Morgan fingerprint density at radius 2 is 1.85 bits per heavy atom. The molecule has 136 valence electrons. The second kappa shape index (κ2) is 8.20. The van der Waals surface area contributed by atoms with Crippen LogP contribution in [0.1, 0.15) is 16.1 Å². The monoisotopic (exact) mass is 383 g/mol. The quantitative estimate of drug-likeness (QED) is 0.447. The van der Waals surface area contributed by atoms with Gasteiger partial charge in [-0.3, -0.25) is 0 Å². The van der Waals surface area contributed by atoms with Crippen molar-refractivity contribution in [1.29, 1.82) is 0 Å². The molecule has 0 spiro atoms. The summed E-state index contributed by atoms with van der Waals surface area (Å²) in [4.78, 5) is 22.8. The SMILES string of the molecule is O=C(N/N=C/c1ccc(-c2cc(C(=O)O)ccc2Cl)o1)Nc1ccccc1. The third-order valence-corrected chi connectivity index (χ3v) is 3.82. The molecule has 3 rings (SSSR count). The number of benzene rings is 2. The molecule has 0 radical (unpaired) electrons. The summed E-state index contributed by atoms with van der Waals surface area (Å²) in [5, 5.41) is 15.9. The summed E-state index contributed by atoms with van der Waals surface area (Å²) >= 11 is 6.12. The second-order valence-electron chi connectivity index (χ2n) is 5.39. The molecule has 2 aromatic carbocycles. The van der Waals surface area contributed by atoms with Gasteiger partial charge in [-0.15, -0.1) is 0 Å². The molecule has 0 aliphatic carbocycles. The number of halogens is 1. The number of hydrogen-bond acceptors (Lipinski definition) is 4. The van der Waals surface area contributed by atoms with Gasteiger partial charge in [0.15, 0.2) is 0 Å². The molecule has 0 bridgehead atoms. The Kier molecular flexibility index (Phi) is 5.53.